The molecule has 3 aromatic rings. The zero-order chi connectivity index (χ0) is 17.4. The van der Waals surface area contributed by atoms with Gasteiger partial charge < -0.3 is 10.1 Å². The molecule has 6 heteroatoms. The Morgan fingerprint density at radius 2 is 2.16 bits per heavy atom. The summed E-state index contributed by atoms with van der Waals surface area (Å²) < 4.78 is 5.40. The summed E-state index contributed by atoms with van der Waals surface area (Å²) >= 11 is 0. The highest BCUT2D eigenvalue weighted by Crippen LogP contribution is 2.25. The minimum absolute atomic E-state index is 0.130. The molecule has 0 bridgehead atoms. The Hall–Kier alpha value is -3.17. The molecule has 1 amide bonds. The van der Waals surface area contributed by atoms with Gasteiger partial charge in [-0.25, -0.2) is 0 Å². The van der Waals surface area contributed by atoms with E-state index in [0.29, 0.717) is 24.6 Å². The number of anilines is 1. The molecule has 2 N–H and O–H groups in total. The van der Waals surface area contributed by atoms with Crippen molar-refractivity contribution in [1.29, 1.82) is 5.26 Å². The Kier molecular flexibility index (Phi) is 3.71. The lowest BCUT2D eigenvalue weighted by atomic mass is 10.0. The number of nitrogens with one attached hydrogen (secondary N) is 2. The maximum absolute atomic E-state index is 12.4. The van der Waals surface area contributed by atoms with Crippen LogP contribution >= 0.6 is 0 Å². The number of hydrogen-bond donors (Lipinski definition) is 2. The monoisotopic (exact) mass is 332 g/mol. The van der Waals surface area contributed by atoms with Crippen LogP contribution in [-0.2, 0) is 29.2 Å². The molecule has 0 aliphatic carbocycles. The number of hydrogen-bond acceptors (Lipinski definition) is 4. The van der Waals surface area contributed by atoms with Crippen molar-refractivity contribution in [1.82, 2.24) is 10.2 Å². The van der Waals surface area contributed by atoms with E-state index in [4.69, 9.17) is 10.00 Å². The predicted molar refractivity (Wildman–Crippen MR) is 92.8 cm³/mol. The Labute approximate surface area is 144 Å². The highest BCUT2D eigenvalue weighted by Gasteiger charge is 2.15. The smallest absolute Gasteiger partial charge is 0.230 e. The van der Waals surface area contributed by atoms with Crippen molar-refractivity contribution in [2.75, 3.05) is 5.32 Å². The van der Waals surface area contributed by atoms with Crippen LogP contribution in [0.1, 0.15) is 27.8 Å². The molecule has 1 aromatic heterocycles. The fourth-order valence-corrected chi connectivity index (χ4v) is 3.09. The van der Waals surface area contributed by atoms with Gasteiger partial charge in [-0.3, -0.25) is 9.89 Å². The molecule has 4 rings (SSSR count). The molecular formula is C19H16N4O2. The van der Waals surface area contributed by atoms with Gasteiger partial charge >= 0.3 is 0 Å². The SMILES string of the molecule is Cc1cc2c(NC(=O)Cc3ccc4c(c3)COC4)n[nH]c2cc1C#N. The lowest BCUT2D eigenvalue weighted by molar-refractivity contribution is -0.115. The van der Waals surface area contributed by atoms with Gasteiger partial charge in [0.25, 0.3) is 0 Å². The summed E-state index contributed by atoms with van der Waals surface area (Å²) in [7, 11) is 0. The molecule has 2 heterocycles. The number of nitrogens with zero attached hydrogens (tertiary/aromatic N) is 2. The zero-order valence-electron chi connectivity index (χ0n) is 13.7. The average Bonchev–Trinajstić information content (AvgIpc) is 3.21. The van der Waals surface area contributed by atoms with E-state index in [0.717, 1.165) is 27.6 Å². The van der Waals surface area contributed by atoms with Crippen LogP contribution < -0.4 is 5.32 Å². The molecule has 1 aliphatic heterocycles. The quantitative estimate of drug-likeness (QED) is 0.771. The van der Waals surface area contributed by atoms with Crippen molar-refractivity contribution in [3.63, 3.8) is 0 Å². The van der Waals surface area contributed by atoms with Crippen LogP contribution in [0, 0.1) is 18.3 Å². The van der Waals surface area contributed by atoms with Crippen molar-refractivity contribution in [2.45, 2.75) is 26.6 Å². The Balaban J connectivity index is 1.54. The minimum atomic E-state index is -0.130. The van der Waals surface area contributed by atoms with E-state index in [1.54, 1.807) is 6.07 Å². The first-order chi connectivity index (χ1) is 12.1. The fraction of sp³-hybridized carbons (Fsp3) is 0.211. The maximum atomic E-state index is 12.4. The van der Waals surface area contributed by atoms with E-state index >= 15 is 0 Å². The van der Waals surface area contributed by atoms with Crippen molar-refractivity contribution < 1.29 is 9.53 Å². The van der Waals surface area contributed by atoms with Crippen LogP contribution in [0.3, 0.4) is 0 Å². The number of aromatic amines is 1. The van der Waals surface area contributed by atoms with E-state index in [9.17, 15) is 4.79 Å². The number of carbonyl (C=O) groups is 1. The number of nitriles is 1. The van der Waals surface area contributed by atoms with Crippen molar-refractivity contribution >= 4 is 22.6 Å². The molecule has 6 nitrogen and oxygen atoms in total. The van der Waals surface area contributed by atoms with Gasteiger partial charge in [0.05, 0.1) is 36.8 Å². The predicted octanol–water partition coefficient (Wildman–Crippen LogP) is 2.95. The Bertz CT molecular complexity index is 1030. The van der Waals surface area contributed by atoms with Crippen molar-refractivity contribution in [3.8, 4) is 6.07 Å². The van der Waals surface area contributed by atoms with E-state index in [-0.39, 0.29) is 12.3 Å². The van der Waals surface area contributed by atoms with Crippen molar-refractivity contribution in [2.24, 2.45) is 0 Å². The number of H-pyrrole nitrogens is 1. The third kappa shape index (κ3) is 2.86. The molecule has 0 spiro atoms. The van der Waals surface area contributed by atoms with Crippen molar-refractivity contribution in [3.05, 3.63) is 58.1 Å². The number of carbonyl (C=O) groups excluding carboxylic acids is 1. The van der Waals surface area contributed by atoms with Gasteiger partial charge in [0, 0.05) is 5.39 Å². The summed E-state index contributed by atoms with van der Waals surface area (Å²) in [6, 6.07) is 11.7. The normalized spacial score (nSPS) is 12.8. The largest absolute Gasteiger partial charge is 0.372 e. The second kappa shape index (κ2) is 6.04. The first-order valence-electron chi connectivity index (χ1n) is 8.01. The van der Waals surface area contributed by atoms with Crippen LogP contribution in [-0.4, -0.2) is 16.1 Å². The van der Waals surface area contributed by atoms with Crippen LogP contribution in [0.5, 0.6) is 0 Å². The number of rotatable bonds is 3. The average molecular weight is 332 g/mol. The van der Waals surface area contributed by atoms with E-state index in [2.05, 4.69) is 21.6 Å². The number of amides is 1. The second-order valence-electron chi connectivity index (χ2n) is 6.22. The zero-order valence-corrected chi connectivity index (χ0v) is 13.7. The molecule has 0 fully saturated rings. The van der Waals surface area contributed by atoms with Gasteiger partial charge in [-0.2, -0.15) is 10.4 Å². The molecule has 0 saturated carbocycles. The van der Waals surface area contributed by atoms with Gasteiger partial charge in [0.15, 0.2) is 5.82 Å². The maximum Gasteiger partial charge on any atom is 0.230 e. The van der Waals surface area contributed by atoms with Gasteiger partial charge in [-0.1, -0.05) is 18.2 Å². The van der Waals surface area contributed by atoms with Gasteiger partial charge in [-0.15, -0.1) is 0 Å². The molecule has 124 valence electrons. The minimum Gasteiger partial charge on any atom is -0.372 e. The molecule has 25 heavy (non-hydrogen) atoms. The summed E-state index contributed by atoms with van der Waals surface area (Å²) in [5.41, 5.74) is 5.46. The second-order valence-corrected chi connectivity index (χ2v) is 6.22. The number of ether oxygens (including phenoxy) is 1. The lowest BCUT2D eigenvalue weighted by Crippen LogP contribution is -2.15. The number of aromatic nitrogens is 2. The van der Waals surface area contributed by atoms with Crippen LogP contribution in [0.2, 0.25) is 0 Å². The fourth-order valence-electron chi connectivity index (χ4n) is 3.09. The lowest BCUT2D eigenvalue weighted by Gasteiger charge is -2.05. The number of benzene rings is 2. The van der Waals surface area contributed by atoms with Crippen LogP contribution in [0.4, 0.5) is 5.82 Å². The van der Waals surface area contributed by atoms with E-state index in [1.807, 2.05) is 31.2 Å². The van der Waals surface area contributed by atoms with Crippen LogP contribution in [0.15, 0.2) is 30.3 Å². The first-order valence-corrected chi connectivity index (χ1v) is 8.01. The topological polar surface area (TPSA) is 90.8 Å². The summed E-state index contributed by atoms with van der Waals surface area (Å²) in [5, 5.41) is 19.8. The number of fused-ring (bicyclic) bond motifs is 2. The Morgan fingerprint density at radius 3 is 3.00 bits per heavy atom. The molecule has 0 atom stereocenters. The molecule has 2 aromatic carbocycles. The number of aryl methyl sites for hydroxylation is 1. The molecule has 0 unspecified atom stereocenters. The van der Waals surface area contributed by atoms with Gasteiger partial charge in [-0.05, 0) is 41.3 Å². The van der Waals surface area contributed by atoms with E-state index < -0.39 is 0 Å². The summed E-state index contributed by atoms with van der Waals surface area (Å²) in [5.74, 6) is 0.353. The first kappa shape index (κ1) is 15.4. The molecular weight excluding hydrogens is 316 g/mol. The standard InChI is InChI=1S/C19H16N4O2/c1-11-4-16-17(7-14(11)8-20)22-23-19(16)21-18(24)6-12-2-3-13-9-25-10-15(13)5-12/h2-5,7H,6,9-10H2,1H3,(H2,21,22,23,24). The molecule has 1 aliphatic rings. The van der Waals surface area contributed by atoms with Gasteiger partial charge in [0.2, 0.25) is 5.91 Å². The highest BCUT2D eigenvalue weighted by atomic mass is 16.5. The van der Waals surface area contributed by atoms with Gasteiger partial charge in [0.1, 0.15) is 0 Å². The third-order valence-corrected chi connectivity index (χ3v) is 4.44. The summed E-state index contributed by atoms with van der Waals surface area (Å²) in [6.45, 7) is 3.11. The molecule has 0 radical (unpaired) electrons. The van der Waals surface area contributed by atoms with Crippen LogP contribution in [0.25, 0.3) is 10.9 Å². The summed E-state index contributed by atoms with van der Waals surface area (Å²) in [4.78, 5) is 12.4. The van der Waals surface area contributed by atoms with E-state index in [1.165, 1.54) is 5.56 Å². The third-order valence-electron chi connectivity index (χ3n) is 4.44. The molecule has 0 saturated heterocycles. The summed E-state index contributed by atoms with van der Waals surface area (Å²) in [6.07, 6.45) is 0.275. The Morgan fingerprint density at radius 1 is 1.32 bits per heavy atom. The highest BCUT2D eigenvalue weighted by molar-refractivity contribution is 6.00.